The normalized spacial score (nSPS) is 13.7. The van der Waals surface area contributed by atoms with Crippen molar-refractivity contribution in [2.24, 2.45) is 21.6 Å². The zero-order valence-electron chi connectivity index (χ0n) is 19.6. The Labute approximate surface area is 207 Å². The molecule has 0 spiro atoms. The number of oxime groups is 1. The Morgan fingerprint density at radius 3 is 2.61 bits per heavy atom. The molecule has 15 heteroatoms. The van der Waals surface area contributed by atoms with Gasteiger partial charge < -0.3 is 25.9 Å². The van der Waals surface area contributed by atoms with Crippen molar-refractivity contribution in [2.75, 3.05) is 37.4 Å². The summed E-state index contributed by atoms with van der Waals surface area (Å²) in [6, 6.07) is 6.77. The molecule has 3 rings (SSSR count). The van der Waals surface area contributed by atoms with Crippen molar-refractivity contribution in [1.82, 2.24) is 14.7 Å². The second-order valence-electron chi connectivity index (χ2n) is 7.62. The van der Waals surface area contributed by atoms with Crippen molar-refractivity contribution in [3.8, 4) is 11.1 Å². The highest BCUT2D eigenvalue weighted by Gasteiger charge is 2.21. The lowest BCUT2D eigenvalue weighted by Crippen LogP contribution is -2.35. The predicted octanol–water partition coefficient (Wildman–Crippen LogP) is 0.715. The standard InChI is InChI=1S/C21H27FN8O5S/c1-25-36(32,33)11-10-35-29-15-6-8-30(9-7-15)20-26-12-17(18(22)27-20)16-5-3-2-4-14(16)13-34-21(31)28-19(23)24/h2-5,12,25H,6-11,13H2,1H3,(H4,23,24,28,31). The molecular weight excluding hydrogens is 495 g/mol. The van der Waals surface area contributed by atoms with E-state index in [0.717, 1.165) is 5.71 Å². The summed E-state index contributed by atoms with van der Waals surface area (Å²) in [5.41, 5.74) is 12.2. The van der Waals surface area contributed by atoms with Crippen LogP contribution in [0.4, 0.5) is 15.1 Å². The SMILES string of the molecule is CNS(=O)(=O)CCON=C1CCN(c2ncc(-c3ccccc3COC(=O)N=C(N)N)c(F)n2)CC1. The van der Waals surface area contributed by atoms with E-state index in [2.05, 4.69) is 24.8 Å². The van der Waals surface area contributed by atoms with Gasteiger partial charge in [-0.3, -0.25) is 0 Å². The number of rotatable bonds is 9. The molecule has 5 N–H and O–H groups in total. The molecule has 1 aromatic carbocycles. The Balaban J connectivity index is 1.62. The minimum Gasteiger partial charge on any atom is -0.443 e. The monoisotopic (exact) mass is 522 g/mol. The van der Waals surface area contributed by atoms with Crippen LogP contribution in [0.15, 0.2) is 40.6 Å². The molecule has 0 atom stereocenters. The van der Waals surface area contributed by atoms with E-state index < -0.39 is 28.0 Å². The first-order valence-corrected chi connectivity index (χ1v) is 12.5. The van der Waals surface area contributed by atoms with Crippen LogP contribution in [0.5, 0.6) is 0 Å². The van der Waals surface area contributed by atoms with Gasteiger partial charge in [-0.1, -0.05) is 29.4 Å². The molecule has 194 valence electrons. The molecule has 0 saturated carbocycles. The summed E-state index contributed by atoms with van der Waals surface area (Å²) in [5.74, 6) is -1.11. The minimum atomic E-state index is -3.35. The molecule has 1 amide bonds. The number of nitrogens with one attached hydrogen (secondary N) is 1. The fourth-order valence-corrected chi connectivity index (χ4v) is 3.81. The molecule has 0 bridgehead atoms. The van der Waals surface area contributed by atoms with Crippen molar-refractivity contribution >= 4 is 33.7 Å². The second kappa shape index (κ2) is 12.2. The van der Waals surface area contributed by atoms with Crippen LogP contribution in [0.2, 0.25) is 0 Å². The number of hydrogen-bond donors (Lipinski definition) is 3. The quantitative estimate of drug-likeness (QED) is 0.139. The second-order valence-corrected chi connectivity index (χ2v) is 9.67. The Morgan fingerprint density at radius 1 is 1.22 bits per heavy atom. The van der Waals surface area contributed by atoms with Crippen molar-refractivity contribution in [1.29, 1.82) is 0 Å². The van der Waals surface area contributed by atoms with Crippen LogP contribution in [0.1, 0.15) is 18.4 Å². The summed E-state index contributed by atoms with van der Waals surface area (Å²) >= 11 is 0. The number of nitrogens with zero attached hydrogens (tertiary/aromatic N) is 5. The third-order valence-electron chi connectivity index (χ3n) is 5.18. The molecule has 2 aromatic rings. The van der Waals surface area contributed by atoms with Gasteiger partial charge in [-0.05, 0) is 18.2 Å². The minimum absolute atomic E-state index is 0.0544. The number of nitrogens with two attached hydrogens (primary N) is 2. The largest absolute Gasteiger partial charge is 0.443 e. The van der Waals surface area contributed by atoms with Crippen LogP contribution in [0, 0.1) is 5.95 Å². The van der Waals surface area contributed by atoms with Gasteiger partial charge in [-0.25, -0.2) is 22.9 Å². The maximum absolute atomic E-state index is 15.0. The van der Waals surface area contributed by atoms with E-state index in [1.54, 1.807) is 24.3 Å². The molecule has 1 saturated heterocycles. The highest BCUT2D eigenvalue weighted by Crippen LogP contribution is 2.27. The van der Waals surface area contributed by atoms with Crippen LogP contribution in [0.3, 0.4) is 0 Å². The van der Waals surface area contributed by atoms with Crippen LogP contribution in [-0.2, 0) is 26.2 Å². The highest BCUT2D eigenvalue weighted by molar-refractivity contribution is 7.89. The van der Waals surface area contributed by atoms with E-state index in [-0.39, 0.29) is 30.5 Å². The van der Waals surface area contributed by atoms with E-state index in [0.29, 0.717) is 37.1 Å². The number of ether oxygens (including phenoxy) is 1. The lowest BCUT2D eigenvalue weighted by Gasteiger charge is -2.27. The van der Waals surface area contributed by atoms with Gasteiger partial charge in [0.2, 0.25) is 21.9 Å². The number of anilines is 1. The molecule has 36 heavy (non-hydrogen) atoms. The van der Waals surface area contributed by atoms with Crippen LogP contribution in [0.25, 0.3) is 11.1 Å². The number of carbonyl (C=O) groups is 1. The van der Waals surface area contributed by atoms with Gasteiger partial charge in [-0.2, -0.15) is 9.37 Å². The van der Waals surface area contributed by atoms with Crippen LogP contribution < -0.4 is 21.1 Å². The van der Waals surface area contributed by atoms with E-state index in [1.165, 1.54) is 13.2 Å². The average Bonchev–Trinajstić information content (AvgIpc) is 2.85. The topological polar surface area (TPSA) is 187 Å². The van der Waals surface area contributed by atoms with Crippen molar-refractivity contribution in [3.63, 3.8) is 0 Å². The highest BCUT2D eigenvalue weighted by atomic mass is 32.2. The Hall–Kier alpha value is -3.85. The first-order chi connectivity index (χ1) is 17.2. The molecule has 13 nitrogen and oxygen atoms in total. The number of hydrogen-bond acceptors (Lipinski definition) is 9. The van der Waals surface area contributed by atoms with Gasteiger partial charge in [-0.15, -0.1) is 4.99 Å². The number of sulfonamides is 1. The number of piperidine rings is 1. The van der Waals surface area contributed by atoms with Gasteiger partial charge >= 0.3 is 6.09 Å². The molecule has 0 radical (unpaired) electrons. The van der Waals surface area contributed by atoms with Gasteiger partial charge in [0.15, 0.2) is 5.96 Å². The third kappa shape index (κ3) is 7.58. The van der Waals surface area contributed by atoms with E-state index in [1.807, 2.05) is 4.90 Å². The number of guanidine groups is 1. The molecule has 0 aliphatic carbocycles. The molecular formula is C21H27FN8O5S. The first-order valence-electron chi connectivity index (χ1n) is 10.9. The van der Waals surface area contributed by atoms with E-state index in [4.69, 9.17) is 21.0 Å². The molecule has 0 unspecified atom stereocenters. The van der Waals surface area contributed by atoms with E-state index >= 15 is 4.39 Å². The Morgan fingerprint density at radius 2 is 1.94 bits per heavy atom. The van der Waals surface area contributed by atoms with Crippen LogP contribution >= 0.6 is 0 Å². The lowest BCUT2D eigenvalue weighted by atomic mass is 10.0. The summed E-state index contributed by atoms with van der Waals surface area (Å²) in [6.07, 6.45) is 1.49. The Kier molecular flexibility index (Phi) is 9.08. The zero-order chi connectivity index (χ0) is 26.1. The molecule has 1 fully saturated rings. The van der Waals surface area contributed by atoms with Crippen molar-refractivity contribution in [2.45, 2.75) is 19.4 Å². The number of aromatic nitrogens is 2. The van der Waals surface area contributed by atoms with Gasteiger partial charge in [0.05, 0.1) is 11.3 Å². The summed E-state index contributed by atoms with van der Waals surface area (Å²) in [7, 11) is -2.02. The zero-order valence-corrected chi connectivity index (χ0v) is 20.4. The number of halogens is 1. The number of aliphatic imine (C=N–C) groups is 1. The van der Waals surface area contributed by atoms with Crippen LogP contribution in [-0.4, -0.2) is 68.6 Å². The maximum Gasteiger partial charge on any atom is 0.437 e. The maximum atomic E-state index is 15.0. The number of benzene rings is 1. The van der Waals surface area contributed by atoms with Crippen molar-refractivity contribution in [3.05, 3.63) is 42.0 Å². The third-order valence-corrected chi connectivity index (χ3v) is 6.51. The molecule has 1 aliphatic heterocycles. The summed E-state index contributed by atoms with van der Waals surface area (Å²) < 4.78 is 45.0. The van der Waals surface area contributed by atoms with E-state index in [9.17, 15) is 13.2 Å². The molecule has 2 heterocycles. The number of amides is 1. The van der Waals surface area contributed by atoms with Gasteiger partial charge in [0, 0.05) is 32.1 Å². The predicted molar refractivity (Wildman–Crippen MR) is 131 cm³/mol. The lowest BCUT2D eigenvalue weighted by molar-refractivity contribution is 0.151. The fourth-order valence-electron chi connectivity index (χ4n) is 3.31. The fraction of sp³-hybridized carbons (Fsp3) is 0.381. The number of carbonyl (C=O) groups excluding carboxylic acids is 1. The molecule has 1 aromatic heterocycles. The summed E-state index contributed by atoms with van der Waals surface area (Å²) in [5, 5.41) is 4.00. The first kappa shape index (κ1) is 26.7. The van der Waals surface area contributed by atoms with Crippen molar-refractivity contribution < 1.29 is 27.2 Å². The summed E-state index contributed by atoms with van der Waals surface area (Å²) in [6.45, 7) is 0.756. The Bertz CT molecular complexity index is 1240. The van der Waals surface area contributed by atoms with Gasteiger partial charge in [0.25, 0.3) is 0 Å². The average molecular weight is 523 g/mol. The smallest absolute Gasteiger partial charge is 0.437 e. The summed E-state index contributed by atoms with van der Waals surface area (Å²) in [4.78, 5) is 30.1. The molecule has 1 aliphatic rings. The van der Waals surface area contributed by atoms with Gasteiger partial charge in [0.1, 0.15) is 19.0 Å².